The molecule has 5 N–H and O–H groups in total. The van der Waals surface area contributed by atoms with Crippen LogP contribution in [-0.4, -0.2) is 28.1 Å². The van der Waals surface area contributed by atoms with E-state index in [9.17, 15) is 0 Å². The highest BCUT2D eigenvalue weighted by atomic mass is 16.5. The number of pyridine rings is 1. The summed E-state index contributed by atoms with van der Waals surface area (Å²) in [5.41, 5.74) is 17.1. The van der Waals surface area contributed by atoms with Crippen LogP contribution in [0.15, 0.2) is 24.5 Å². The molecule has 0 amide bonds. The molecule has 3 heterocycles. The van der Waals surface area contributed by atoms with E-state index in [0.29, 0.717) is 23.7 Å². The number of rotatable bonds is 1. The number of aromatic nitrogens is 3. The molecular weight excluding hydrogens is 292 g/mol. The van der Waals surface area contributed by atoms with Crippen molar-refractivity contribution in [1.82, 2.24) is 15.0 Å². The zero-order valence-corrected chi connectivity index (χ0v) is 12.6. The van der Waals surface area contributed by atoms with Gasteiger partial charge in [-0.15, -0.1) is 0 Å². The Labute approximate surface area is 132 Å². The van der Waals surface area contributed by atoms with Crippen molar-refractivity contribution < 1.29 is 4.74 Å². The highest BCUT2D eigenvalue weighted by molar-refractivity contribution is 5.95. The predicted octanol–water partition coefficient (Wildman–Crippen LogP) is 1.97. The fourth-order valence-corrected chi connectivity index (χ4v) is 2.84. The number of ether oxygens (including phenoxy) is 1. The molecule has 7 nitrogen and oxygen atoms in total. The molecule has 1 aromatic carbocycles. The SMILES string of the molecule is Cc1c(-c2cc(N)c3cnc(N)nc3c2)cnc2c1NCCO2. The van der Waals surface area contributed by atoms with E-state index in [-0.39, 0.29) is 5.95 Å². The van der Waals surface area contributed by atoms with Crippen LogP contribution in [0, 0.1) is 6.92 Å². The molecule has 1 aliphatic heterocycles. The van der Waals surface area contributed by atoms with Gasteiger partial charge in [0.1, 0.15) is 12.3 Å². The summed E-state index contributed by atoms with van der Waals surface area (Å²) in [5.74, 6) is 0.863. The summed E-state index contributed by atoms with van der Waals surface area (Å²) >= 11 is 0. The number of anilines is 3. The normalized spacial score (nSPS) is 13.3. The molecule has 3 aromatic rings. The van der Waals surface area contributed by atoms with Gasteiger partial charge >= 0.3 is 0 Å². The van der Waals surface area contributed by atoms with Gasteiger partial charge in [0.15, 0.2) is 0 Å². The summed E-state index contributed by atoms with van der Waals surface area (Å²) in [6.45, 7) is 3.42. The van der Waals surface area contributed by atoms with E-state index in [4.69, 9.17) is 16.2 Å². The Hall–Kier alpha value is -3.09. The fraction of sp³-hybridized carbons (Fsp3) is 0.188. The van der Waals surface area contributed by atoms with E-state index in [1.807, 2.05) is 19.1 Å². The number of fused-ring (bicyclic) bond motifs is 2. The largest absolute Gasteiger partial charge is 0.474 e. The maximum Gasteiger partial charge on any atom is 0.237 e. The number of benzene rings is 1. The fourth-order valence-electron chi connectivity index (χ4n) is 2.84. The Bertz CT molecular complexity index is 924. The molecule has 0 fully saturated rings. The molecule has 0 aliphatic carbocycles. The molecule has 0 bridgehead atoms. The molecule has 7 heteroatoms. The summed E-state index contributed by atoms with van der Waals surface area (Å²) in [4.78, 5) is 12.7. The third-order valence-electron chi connectivity index (χ3n) is 4.01. The summed E-state index contributed by atoms with van der Waals surface area (Å²) in [6.07, 6.45) is 3.44. The van der Waals surface area contributed by atoms with Gasteiger partial charge in [0.05, 0.1) is 5.52 Å². The second-order valence-corrected chi connectivity index (χ2v) is 5.48. The molecule has 0 saturated heterocycles. The van der Waals surface area contributed by atoms with Crippen molar-refractivity contribution in [1.29, 1.82) is 0 Å². The number of hydrogen-bond acceptors (Lipinski definition) is 7. The summed E-state index contributed by atoms with van der Waals surface area (Å²) < 4.78 is 5.57. The minimum Gasteiger partial charge on any atom is -0.474 e. The molecule has 0 atom stereocenters. The maximum absolute atomic E-state index is 6.15. The van der Waals surface area contributed by atoms with Crippen molar-refractivity contribution in [3.05, 3.63) is 30.1 Å². The van der Waals surface area contributed by atoms with Crippen LogP contribution >= 0.6 is 0 Å². The van der Waals surface area contributed by atoms with Crippen molar-refractivity contribution in [2.75, 3.05) is 29.9 Å². The van der Waals surface area contributed by atoms with Crippen LogP contribution in [0.25, 0.3) is 22.0 Å². The van der Waals surface area contributed by atoms with Gasteiger partial charge in [-0.2, -0.15) is 0 Å². The van der Waals surface area contributed by atoms with Crippen LogP contribution in [0.1, 0.15) is 5.56 Å². The average molecular weight is 308 g/mol. The molecule has 0 radical (unpaired) electrons. The molecule has 0 spiro atoms. The van der Waals surface area contributed by atoms with Crippen LogP contribution in [0.2, 0.25) is 0 Å². The summed E-state index contributed by atoms with van der Waals surface area (Å²) in [5, 5.41) is 4.12. The van der Waals surface area contributed by atoms with Gasteiger partial charge in [-0.3, -0.25) is 0 Å². The lowest BCUT2D eigenvalue weighted by atomic mass is 9.99. The lowest BCUT2D eigenvalue weighted by molar-refractivity contribution is 0.310. The Balaban J connectivity index is 1.92. The van der Waals surface area contributed by atoms with Crippen LogP contribution in [0.5, 0.6) is 5.88 Å². The molecule has 116 valence electrons. The third-order valence-corrected chi connectivity index (χ3v) is 4.01. The first-order valence-electron chi connectivity index (χ1n) is 7.32. The number of hydrogen-bond donors (Lipinski definition) is 3. The first-order chi connectivity index (χ1) is 11.1. The summed E-state index contributed by atoms with van der Waals surface area (Å²) in [7, 11) is 0. The van der Waals surface area contributed by atoms with Crippen molar-refractivity contribution in [2.45, 2.75) is 6.92 Å². The van der Waals surface area contributed by atoms with Crippen molar-refractivity contribution in [3.63, 3.8) is 0 Å². The van der Waals surface area contributed by atoms with E-state index in [2.05, 4.69) is 20.3 Å². The quantitative estimate of drug-likeness (QED) is 0.589. The highest BCUT2D eigenvalue weighted by Crippen LogP contribution is 2.37. The molecule has 0 unspecified atom stereocenters. The van der Waals surface area contributed by atoms with E-state index in [1.54, 1.807) is 12.4 Å². The Morgan fingerprint density at radius 3 is 2.91 bits per heavy atom. The average Bonchev–Trinajstić information content (AvgIpc) is 2.55. The summed E-state index contributed by atoms with van der Waals surface area (Å²) in [6, 6.07) is 3.85. The molecule has 4 rings (SSSR count). The van der Waals surface area contributed by atoms with Gasteiger partial charge in [0.2, 0.25) is 11.8 Å². The van der Waals surface area contributed by atoms with Crippen molar-refractivity contribution in [2.24, 2.45) is 0 Å². The van der Waals surface area contributed by atoms with E-state index in [1.165, 1.54) is 0 Å². The van der Waals surface area contributed by atoms with E-state index in [0.717, 1.165) is 34.3 Å². The second kappa shape index (κ2) is 4.98. The second-order valence-electron chi connectivity index (χ2n) is 5.48. The van der Waals surface area contributed by atoms with Crippen molar-refractivity contribution >= 4 is 28.2 Å². The minimum absolute atomic E-state index is 0.226. The zero-order chi connectivity index (χ0) is 16.0. The van der Waals surface area contributed by atoms with Gasteiger partial charge in [-0.1, -0.05) is 0 Å². The Morgan fingerprint density at radius 1 is 1.17 bits per heavy atom. The topological polar surface area (TPSA) is 112 Å². The predicted molar refractivity (Wildman–Crippen MR) is 90.3 cm³/mol. The van der Waals surface area contributed by atoms with Crippen molar-refractivity contribution in [3.8, 4) is 17.0 Å². The Kier molecular flexibility index (Phi) is 2.94. The zero-order valence-electron chi connectivity index (χ0n) is 12.6. The molecular formula is C16H16N6O. The number of nitrogen functional groups attached to an aromatic ring is 2. The van der Waals surface area contributed by atoms with Crippen LogP contribution in [-0.2, 0) is 0 Å². The lowest BCUT2D eigenvalue weighted by Crippen LogP contribution is -2.20. The first kappa shape index (κ1) is 13.6. The van der Waals surface area contributed by atoms with Gasteiger partial charge in [-0.05, 0) is 30.2 Å². The highest BCUT2D eigenvalue weighted by Gasteiger charge is 2.17. The molecule has 2 aromatic heterocycles. The van der Waals surface area contributed by atoms with Gasteiger partial charge in [-0.25, -0.2) is 15.0 Å². The minimum atomic E-state index is 0.226. The molecule has 0 saturated carbocycles. The van der Waals surface area contributed by atoms with Gasteiger partial charge in [0.25, 0.3) is 0 Å². The Morgan fingerprint density at radius 2 is 2.04 bits per heavy atom. The molecule has 23 heavy (non-hydrogen) atoms. The van der Waals surface area contributed by atoms with Gasteiger partial charge < -0.3 is 21.5 Å². The third kappa shape index (κ3) is 2.17. The van der Waals surface area contributed by atoms with E-state index >= 15 is 0 Å². The van der Waals surface area contributed by atoms with Crippen LogP contribution < -0.4 is 21.5 Å². The van der Waals surface area contributed by atoms with E-state index < -0.39 is 0 Å². The number of nitrogens with one attached hydrogen (secondary N) is 1. The first-order valence-corrected chi connectivity index (χ1v) is 7.32. The monoisotopic (exact) mass is 308 g/mol. The maximum atomic E-state index is 6.15. The number of nitrogens with two attached hydrogens (primary N) is 2. The smallest absolute Gasteiger partial charge is 0.237 e. The van der Waals surface area contributed by atoms with Crippen LogP contribution in [0.4, 0.5) is 17.3 Å². The lowest BCUT2D eigenvalue weighted by Gasteiger charge is -2.21. The molecule has 1 aliphatic rings. The van der Waals surface area contributed by atoms with Gasteiger partial charge in [0, 0.05) is 35.6 Å². The standard InChI is InChI=1S/C16H16N6O/c1-8-10(6-20-15-14(8)19-2-3-23-15)9-4-12(17)11-7-21-16(18)22-13(11)5-9/h4-7,19H,2-3,17H2,1H3,(H2,18,21,22). The van der Waals surface area contributed by atoms with Crippen LogP contribution in [0.3, 0.4) is 0 Å². The number of nitrogens with zero attached hydrogens (tertiary/aromatic N) is 3.